The van der Waals surface area contributed by atoms with Gasteiger partial charge in [0.2, 0.25) is 11.8 Å². The summed E-state index contributed by atoms with van der Waals surface area (Å²) >= 11 is 1.96. The first-order chi connectivity index (χ1) is 35.1. The van der Waals surface area contributed by atoms with Crippen LogP contribution in [0.2, 0.25) is 0 Å². The van der Waals surface area contributed by atoms with E-state index in [9.17, 15) is 36.7 Å². The number of hydrogen-bond donors (Lipinski definition) is 6. The van der Waals surface area contributed by atoms with Crippen LogP contribution in [0.3, 0.4) is 0 Å². The van der Waals surface area contributed by atoms with Gasteiger partial charge in [-0.05, 0) is 130 Å². The first kappa shape index (κ1) is 51.5. The van der Waals surface area contributed by atoms with E-state index in [1.54, 1.807) is 41.8 Å². The van der Waals surface area contributed by atoms with Crippen LogP contribution >= 0.6 is 22.7 Å². The predicted molar refractivity (Wildman–Crippen MR) is 270 cm³/mol. The van der Waals surface area contributed by atoms with Crippen molar-refractivity contribution in [2.75, 3.05) is 61.3 Å². The smallest absolute Gasteiger partial charge is 0.395 e. The molecule has 3 amide bonds. The fourth-order valence-electron chi connectivity index (χ4n) is 8.81. The second kappa shape index (κ2) is 22.0. The molecule has 9 rings (SSSR count). The minimum Gasteiger partial charge on any atom is -0.395 e. The Morgan fingerprint density at radius 1 is 0.932 bits per heavy atom. The maximum Gasteiger partial charge on any atom is 0.586 e. The largest absolute Gasteiger partial charge is 0.586 e. The van der Waals surface area contributed by atoms with E-state index in [0.717, 1.165) is 34.7 Å². The van der Waals surface area contributed by atoms with E-state index in [-0.39, 0.29) is 61.5 Å². The Hall–Kier alpha value is -6.37. The molecule has 0 bridgehead atoms. The van der Waals surface area contributed by atoms with Gasteiger partial charge in [0.25, 0.3) is 15.9 Å². The van der Waals surface area contributed by atoms with Crippen LogP contribution in [0.15, 0.2) is 88.5 Å². The number of piperidine rings is 1. The lowest BCUT2D eigenvalue weighted by atomic mass is 9.93. The van der Waals surface area contributed by atoms with Crippen molar-refractivity contribution in [2.24, 2.45) is 5.92 Å². The summed E-state index contributed by atoms with van der Waals surface area (Å²) in [7, 11) is -3.95. The van der Waals surface area contributed by atoms with Crippen molar-refractivity contribution in [1.29, 1.82) is 0 Å². The molecule has 386 valence electrons. The molecule has 23 heteroatoms. The highest BCUT2D eigenvalue weighted by atomic mass is 32.2. The molecule has 6 N–H and O–H groups in total. The summed E-state index contributed by atoms with van der Waals surface area (Å²) < 4.78 is 85.0. The number of ether oxygens (including phenoxy) is 3. The number of likely N-dealkylation sites (tertiary alicyclic amines) is 1. The number of aryl methyl sites for hydroxylation is 1. The number of amides is 3. The maximum absolute atomic E-state index is 15.3. The van der Waals surface area contributed by atoms with Crippen molar-refractivity contribution in [2.45, 2.75) is 74.0 Å². The van der Waals surface area contributed by atoms with Gasteiger partial charge in [-0.25, -0.2) is 22.8 Å². The predicted octanol–water partition coefficient (Wildman–Crippen LogP) is 7.84. The van der Waals surface area contributed by atoms with Crippen molar-refractivity contribution >= 4 is 77.3 Å². The Bertz CT molecular complexity index is 3100. The Balaban J connectivity index is 0.629. The van der Waals surface area contributed by atoms with Crippen LogP contribution in [-0.2, 0) is 29.8 Å². The van der Waals surface area contributed by atoms with E-state index >= 15 is 4.39 Å². The molecular weight excluding hydrogens is 1010 g/mol. The van der Waals surface area contributed by atoms with Gasteiger partial charge in [0.15, 0.2) is 22.4 Å². The number of unbranched alkanes of at least 4 members (excludes halogenated alkanes) is 2. The molecule has 2 fully saturated rings. The molecule has 0 spiro atoms. The lowest BCUT2D eigenvalue weighted by molar-refractivity contribution is -0.286. The van der Waals surface area contributed by atoms with Crippen molar-refractivity contribution in [3.8, 4) is 22.8 Å². The summed E-state index contributed by atoms with van der Waals surface area (Å²) in [4.78, 5) is 49.9. The molecule has 2 aliphatic heterocycles. The van der Waals surface area contributed by atoms with Gasteiger partial charge < -0.3 is 45.5 Å². The second-order valence-corrected chi connectivity index (χ2v) is 22.0. The molecule has 1 aliphatic carbocycles. The van der Waals surface area contributed by atoms with Gasteiger partial charge in [0, 0.05) is 48.7 Å². The van der Waals surface area contributed by atoms with Gasteiger partial charge in [-0.15, -0.1) is 20.1 Å². The van der Waals surface area contributed by atoms with E-state index in [1.807, 2.05) is 19.1 Å². The highest BCUT2D eigenvalue weighted by molar-refractivity contribution is 7.94. The number of carbonyl (C=O) groups is 3. The van der Waals surface area contributed by atoms with Crippen LogP contribution in [0, 0.1) is 18.7 Å². The van der Waals surface area contributed by atoms with Crippen LogP contribution < -0.4 is 35.5 Å². The highest BCUT2D eigenvalue weighted by Crippen LogP contribution is 2.54. The number of hydrogen-bond acceptors (Lipinski definition) is 15. The Morgan fingerprint density at radius 3 is 2.52 bits per heavy atom. The third kappa shape index (κ3) is 12.4. The van der Waals surface area contributed by atoms with Crippen molar-refractivity contribution in [3.05, 3.63) is 107 Å². The fourth-order valence-corrected chi connectivity index (χ4v) is 11.8. The summed E-state index contributed by atoms with van der Waals surface area (Å²) in [5.74, 6) is -1.45. The number of carbonyl (C=O) groups excluding carboxylic acids is 3. The molecule has 3 aromatic heterocycles. The lowest BCUT2D eigenvalue weighted by Gasteiger charge is -2.31. The minimum absolute atomic E-state index is 0.0609. The number of aliphatic hydroxyl groups is 1. The molecule has 6 aromatic rings. The average molecular weight is 1060 g/mol. The summed E-state index contributed by atoms with van der Waals surface area (Å²) in [6.07, 6.45) is -0.169. The summed E-state index contributed by atoms with van der Waals surface area (Å²) in [6, 6.07) is 21.1. The second-order valence-electron chi connectivity index (χ2n) is 18.1. The minimum atomic E-state index is -3.95. The number of aliphatic hydroxyl groups excluding tert-OH is 1. The number of rotatable bonds is 22. The molecular formula is C50H53F3N8O9S3. The fraction of sp³-hybridized carbons (Fsp3) is 0.380. The molecule has 1 saturated heterocycles. The molecule has 1 saturated carbocycles. The van der Waals surface area contributed by atoms with Gasteiger partial charge >= 0.3 is 6.29 Å². The first-order valence-corrected chi connectivity index (χ1v) is 27.0. The Morgan fingerprint density at radius 2 is 1.74 bits per heavy atom. The van der Waals surface area contributed by atoms with Crippen LogP contribution in [0.4, 0.5) is 29.8 Å². The standard InChI is InChI=1S/C50H53F3N8O9S3/c1-30-10-15-39(58-47(65)49(18-19-49)34-11-14-37-38(28-34)70-50(52,53)69-37)57-43(30)32-7-5-8-33(27-32)45(63)55-20-3-2-4-25-68-29-40(62)54-21-24-61-22-16-31(17-23-61)46(64)59-48-56-36-13-12-35(42(51)44(36)72-48)60-73(66,67)41-9-6-26-71-41/h5-15,26-28,31,47,60,65H,2-4,16-25,29H2,1H3,(H,54,62)(H,55,63)(H,57,58)(H,56,59,64). The van der Waals surface area contributed by atoms with Crippen LogP contribution in [0.1, 0.15) is 66.4 Å². The molecule has 0 radical (unpaired) electrons. The zero-order valence-corrected chi connectivity index (χ0v) is 42.0. The van der Waals surface area contributed by atoms with Gasteiger partial charge in [-0.1, -0.05) is 41.7 Å². The van der Waals surface area contributed by atoms with Gasteiger partial charge in [-0.3, -0.25) is 19.1 Å². The van der Waals surface area contributed by atoms with Crippen molar-refractivity contribution < 1.29 is 55.3 Å². The van der Waals surface area contributed by atoms with Crippen LogP contribution in [-0.4, -0.2) is 105 Å². The molecule has 5 heterocycles. The van der Waals surface area contributed by atoms with E-state index < -0.39 is 33.8 Å². The topological polar surface area (TPSA) is 222 Å². The number of thiophene rings is 1. The van der Waals surface area contributed by atoms with Gasteiger partial charge in [0.05, 0.1) is 21.6 Å². The number of anilines is 3. The van der Waals surface area contributed by atoms with Gasteiger partial charge in [0.1, 0.15) is 22.9 Å². The number of thiazole rings is 1. The number of sulfonamides is 1. The number of nitrogens with one attached hydrogen (secondary N) is 5. The Kier molecular flexibility index (Phi) is 15.5. The number of fused-ring (bicyclic) bond motifs is 2. The third-order valence-corrected chi connectivity index (χ3v) is 16.7. The highest BCUT2D eigenvalue weighted by Gasteiger charge is 2.52. The van der Waals surface area contributed by atoms with E-state index in [1.165, 1.54) is 30.3 Å². The first-order valence-electron chi connectivity index (χ1n) is 23.8. The summed E-state index contributed by atoms with van der Waals surface area (Å²) in [5.41, 5.74) is 2.68. The zero-order chi connectivity index (χ0) is 51.3. The van der Waals surface area contributed by atoms with Crippen LogP contribution in [0.25, 0.3) is 21.5 Å². The molecule has 17 nitrogen and oxygen atoms in total. The number of alkyl halides is 2. The third-order valence-electron chi connectivity index (χ3n) is 13.0. The molecule has 1 atom stereocenters. The van der Waals surface area contributed by atoms with Gasteiger partial charge in [-0.2, -0.15) is 0 Å². The lowest BCUT2D eigenvalue weighted by Crippen LogP contribution is -2.42. The number of benzene rings is 3. The zero-order valence-electron chi connectivity index (χ0n) is 39.6. The molecule has 1 unspecified atom stereocenters. The quantitative estimate of drug-likeness (QED) is 0.0282. The molecule has 3 aromatic carbocycles. The molecule has 3 aliphatic rings. The van der Waals surface area contributed by atoms with E-state index in [2.05, 4.69) is 45.3 Å². The van der Waals surface area contributed by atoms with Crippen molar-refractivity contribution in [3.63, 3.8) is 0 Å². The summed E-state index contributed by atoms with van der Waals surface area (Å²) in [6.45, 7) is 5.02. The Labute approximate surface area is 426 Å². The number of aromatic nitrogens is 2. The number of pyridine rings is 1. The van der Waals surface area contributed by atoms with Crippen molar-refractivity contribution in [1.82, 2.24) is 25.5 Å². The maximum atomic E-state index is 15.3. The molecule has 73 heavy (non-hydrogen) atoms. The van der Waals surface area contributed by atoms with E-state index in [0.29, 0.717) is 112 Å². The van der Waals surface area contributed by atoms with E-state index in [4.69, 9.17) is 9.72 Å². The average Bonchev–Trinajstić information content (AvgIpc) is 3.62. The number of nitrogens with zero attached hydrogens (tertiary/aromatic N) is 3. The number of halogens is 3. The normalized spacial score (nSPS) is 16.5. The van der Waals surface area contributed by atoms with Crippen LogP contribution in [0.5, 0.6) is 11.5 Å². The SMILES string of the molecule is Cc1ccc(NC(O)C2(c3ccc4c(c3)OC(F)(F)O4)CC2)nc1-c1cccc(C(=O)NCCCCCOCC(=O)NCCN2CCC(C(=O)Nc3nc4ccc(NS(=O)(=O)c5cccs5)c(F)c4s3)CC2)c1. The summed E-state index contributed by atoms with van der Waals surface area (Å²) in [5, 5.41) is 24.9. The monoisotopic (exact) mass is 1060 g/mol.